The van der Waals surface area contributed by atoms with Crippen LogP contribution < -0.4 is 0 Å². The fraction of sp³-hybridized carbons (Fsp3) is 0. The molecule has 0 spiro atoms. The number of hydrogen-bond acceptors (Lipinski definition) is 5. The normalized spacial score (nSPS) is 12.3. The van der Waals surface area contributed by atoms with E-state index < -0.39 is 20.2 Å². The molecule has 0 aliphatic rings. The van der Waals surface area contributed by atoms with E-state index in [2.05, 4.69) is 3.63 Å². The first-order valence-electron chi connectivity index (χ1n) is 6.64. The van der Waals surface area contributed by atoms with Crippen LogP contribution in [-0.2, 0) is 23.9 Å². The molecule has 3 aromatic carbocycles. The molecule has 5 nitrogen and oxygen atoms in total. The first-order chi connectivity index (χ1) is 10.9. The van der Waals surface area contributed by atoms with Gasteiger partial charge in [0.05, 0.1) is 4.90 Å². The van der Waals surface area contributed by atoms with Gasteiger partial charge in [-0.05, 0) is 23.6 Å². The van der Waals surface area contributed by atoms with Gasteiger partial charge in [0.25, 0.3) is 0 Å². The van der Waals surface area contributed by atoms with Gasteiger partial charge in [0.15, 0.2) is 0 Å². The Hall–Kier alpha value is -2.22. The molecule has 0 saturated heterocycles. The SMILES string of the molecule is O=S(=O)(OS(=O)(=O)c1cccc2ccccc12)c1ccccc1. The second-order valence-electron chi connectivity index (χ2n) is 4.77. The van der Waals surface area contributed by atoms with Gasteiger partial charge in [-0.25, -0.2) is 0 Å². The van der Waals surface area contributed by atoms with E-state index in [0.29, 0.717) is 10.8 Å². The molecule has 0 atom stereocenters. The number of benzene rings is 3. The van der Waals surface area contributed by atoms with Gasteiger partial charge in [0, 0.05) is 5.39 Å². The lowest BCUT2D eigenvalue weighted by atomic mass is 10.1. The maximum absolute atomic E-state index is 12.4. The highest BCUT2D eigenvalue weighted by Crippen LogP contribution is 2.26. The van der Waals surface area contributed by atoms with Gasteiger partial charge in [-0.15, -0.1) is 3.63 Å². The van der Waals surface area contributed by atoms with Gasteiger partial charge in [-0.2, -0.15) is 16.8 Å². The molecule has 0 fully saturated rings. The highest BCUT2D eigenvalue weighted by Gasteiger charge is 2.27. The summed E-state index contributed by atoms with van der Waals surface area (Å²) < 4.78 is 53.7. The van der Waals surface area contributed by atoms with Gasteiger partial charge >= 0.3 is 20.2 Å². The highest BCUT2D eigenvalue weighted by atomic mass is 32.3. The van der Waals surface area contributed by atoms with Crippen molar-refractivity contribution in [2.75, 3.05) is 0 Å². The molecular weight excluding hydrogens is 336 g/mol. The van der Waals surface area contributed by atoms with E-state index in [1.54, 1.807) is 36.4 Å². The Bertz CT molecular complexity index is 1050. The lowest BCUT2D eigenvalue weighted by Gasteiger charge is -2.08. The van der Waals surface area contributed by atoms with Crippen molar-refractivity contribution >= 4 is 31.0 Å². The zero-order valence-electron chi connectivity index (χ0n) is 11.8. The summed E-state index contributed by atoms with van der Waals surface area (Å²) in [6.45, 7) is 0. The molecule has 3 aromatic rings. The van der Waals surface area contributed by atoms with Gasteiger partial charge in [0.1, 0.15) is 4.90 Å². The smallest absolute Gasteiger partial charge is 0.193 e. The molecule has 7 heteroatoms. The molecule has 0 saturated carbocycles. The Kier molecular flexibility index (Phi) is 3.93. The summed E-state index contributed by atoms with van der Waals surface area (Å²) in [6.07, 6.45) is 0. The van der Waals surface area contributed by atoms with Crippen LogP contribution in [0.2, 0.25) is 0 Å². The van der Waals surface area contributed by atoms with Crippen LogP contribution in [0.1, 0.15) is 0 Å². The van der Waals surface area contributed by atoms with Crippen LogP contribution in [0.25, 0.3) is 10.8 Å². The highest BCUT2D eigenvalue weighted by molar-refractivity contribution is 8.00. The van der Waals surface area contributed by atoms with Crippen molar-refractivity contribution in [3.8, 4) is 0 Å². The van der Waals surface area contributed by atoms with E-state index in [4.69, 9.17) is 0 Å². The molecular formula is C16H12O5S2. The average molecular weight is 348 g/mol. The van der Waals surface area contributed by atoms with Crippen LogP contribution >= 0.6 is 0 Å². The van der Waals surface area contributed by atoms with Crippen molar-refractivity contribution in [2.24, 2.45) is 0 Å². The van der Waals surface area contributed by atoms with E-state index >= 15 is 0 Å². The fourth-order valence-corrected chi connectivity index (χ4v) is 4.94. The van der Waals surface area contributed by atoms with E-state index in [1.165, 1.54) is 36.4 Å². The molecule has 0 N–H and O–H groups in total. The summed E-state index contributed by atoms with van der Waals surface area (Å²) in [6, 6.07) is 18.5. The van der Waals surface area contributed by atoms with Crippen molar-refractivity contribution in [2.45, 2.75) is 9.79 Å². The van der Waals surface area contributed by atoms with Crippen molar-refractivity contribution in [1.82, 2.24) is 0 Å². The zero-order chi connectivity index (χ0) is 16.5. The van der Waals surface area contributed by atoms with Crippen molar-refractivity contribution in [3.05, 3.63) is 72.8 Å². The van der Waals surface area contributed by atoms with Gasteiger partial charge in [-0.3, -0.25) is 0 Å². The molecule has 0 aliphatic carbocycles. The predicted octanol–water partition coefficient (Wildman–Crippen LogP) is 2.93. The third-order valence-electron chi connectivity index (χ3n) is 3.23. The molecule has 0 amide bonds. The molecule has 0 unspecified atom stereocenters. The minimum Gasteiger partial charge on any atom is -0.193 e. The summed E-state index contributed by atoms with van der Waals surface area (Å²) >= 11 is 0. The molecule has 3 rings (SSSR count). The number of fused-ring (bicyclic) bond motifs is 1. The third kappa shape index (κ3) is 3.12. The molecule has 0 heterocycles. The van der Waals surface area contributed by atoms with E-state index in [-0.39, 0.29) is 9.79 Å². The zero-order valence-corrected chi connectivity index (χ0v) is 13.4. The molecule has 0 bridgehead atoms. The third-order valence-corrected chi connectivity index (χ3v) is 6.41. The van der Waals surface area contributed by atoms with E-state index in [1.807, 2.05) is 0 Å². The van der Waals surface area contributed by atoms with Crippen LogP contribution in [0, 0.1) is 0 Å². The minimum absolute atomic E-state index is 0.185. The van der Waals surface area contributed by atoms with Gasteiger partial charge < -0.3 is 0 Å². The van der Waals surface area contributed by atoms with Crippen LogP contribution in [0.15, 0.2) is 82.6 Å². The Morgan fingerprint density at radius 1 is 0.609 bits per heavy atom. The van der Waals surface area contributed by atoms with Crippen molar-refractivity contribution < 1.29 is 20.5 Å². The molecule has 0 aromatic heterocycles. The van der Waals surface area contributed by atoms with Crippen molar-refractivity contribution in [3.63, 3.8) is 0 Å². The summed E-state index contributed by atoms with van der Waals surface area (Å²) in [5, 5.41) is 1.08. The largest absolute Gasteiger partial charge is 0.312 e. The number of rotatable bonds is 4. The monoisotopic (exact) mass is 348 g/mol. The summed E-state index contributed by atoms with van der Waals surface area (Å²) in [5.74, 6) is 0. The Morgan fingerprint density at radius 3 is 1.96 bits per heavy atom. The minimum atomic E-state index is -4.48. The maximum atomic E-state index is 12.4. The second-order valence-corrected chi connectivity index (χ2v) is 8.04. The second kappa shape index (κ2) is 5.77. The molecule has 0 radical (unpaired) electrons. The fourth-order valence-electron chi connectivity index (χ4n) is 2.19. The van der Waals surface area contributed by atoms with Gasteiger partial charge in [0.2, 0.25) is 0 Å². The standard InChI is InChI=1S/C16H12O5S2/c17-22(18,14-9-2-1-3-10-14)21-23(19,20)16-12-6-8-13-7-4-5-11-15(13)16/h1-12H. The van der Waals surface area contributed by atoms with Crippen LogP contribution in [0.5, 0.6) is 0 Å². The topological polar surface area (TPSA) is 77.5 Å². The first-order valence-corrected chi connectivity index (χ1v) is 9.46. The Balaban J connectivity index is 2.09. The predicted molar refractivity (Wildman–Crippen MR) is 85.8 cm³/mol. The Morgan fingerprint density at radius 2 is 1.22 bits per heavy atom. The summed E-state index contributed by atoms with van der Waals surface area (Å²) in [7, 11) is -8.90. The molecule has 0 aliphatic heterocycles. The lowest BCUT2D eigenvalue weighted by molar-refractivity contribution is 0.462. The summed E-state index contributed by atoms with van der Waals surface area (Å²) in [4.78, 5) is -0.404. The van der Waals surface area contributed by atoms with E-state index in [9.17, 15) is 16.8 Å². The van der Waals surface area contributed by atoms with Gasteiger partial charge in [-0.1, -0.05) is 54.6 Å². The Labute approximate surface area is 134 Å². The molecule has 23 heavy (non-hydrogen) atoms. The number of hydrogen-bond donors (Lipinski definition) is 0. The maximum Gasteiger partial charge on any atom is 0.312 e. The van der Waals surface area contributed by atoms with Crippen LogP contribution in [-0.4, -0.2) is 16.8 Å². The van der Waals surface area contributed by atoms with Crippen LogP contribution in [0.4, 0.5) is 0 Å². The van der Waals surface area contributed by atoms with Crippen molar-refractivity contribution in [1.29, 1.82) is 0 Å². The van der Waals surface area contributed by atoms with E-state index in [0.717, 1.165) is 0 Å². The summed E-state index contributed by atoms with van der Waals surface area (Å²) in [5.41, 5.74) is 0. The van der Waals surface area contributed by atoms with Crippen LogP contribution in [0.3, 0.4) is 0 Å². The quantitative estimate of drug-likeness (QED) is 0.724. The average Bonchev–Trinajstić information content (AvgIpc) is 2.54. The first kappa shape index (κ1) is 15.7. The lowest BCUT2D eigenvalue weighted by Crippen LogP contribution is -2.14. The molecule has 118 valence electrons.